The van der Waals surface area contributed by atoms with E-state index in [9.17, 15) is 13.2 Å². The van der Waals surface area contributed by atoms with Crippen LogP contribution in [0.5, 0.6) is 0 Å². The highest BCUT2D eigenvalue weighted by Gasteiger charge is 2.32. The number of amides is 1. The minimum atomic E-state index is -4.06. The van der Waals surface area contributed by atoms with Gasteiger partial charge in [-0.3, -0.25) is 4.79 Å². The number of aryl methyl sites for hydroxylation is 2. The van der Waals surface area contributed by atoms with E-state index in [4.69, 9.17) is 0 Å². The number of carbonyl (C=O) groups excluding carboxylic acids is 1. The summed E-state index contributed by atoms with van der Waals surface area (Å²) in [7, 11) is -4.06. The van der Waals surface area contributed by atoms with E-state index < -0.39 is 15.9 Å². The molecule has 1 amide bonds. The highest BCUT2D eigenvalue weighted by molar-refractivity contribution is 7.93. The lowest BCUT2D eigenvalue weighted by molar-refractivity contribution is 0.100. The van der Waals surface area contributed by atoms with Crippen LogP contribution in [0.1, 0.15) is 41.3 Å². The number of unbranched alkanes of at least 4 members (excludes halogenated alkanes) is 1. The zero-order valence-corrected chi connectivity index (χ0v) is 17.5. The van der Waals surface area contributed by atoms with E-state index in [0.29, 0.717) is 11.3 Å². The Kier molecular flexibility index (Phi) is 6.49. The van der Waals surface area contributed by atoms with Crippen LogP contribution in [-0.4, -0.2) is 14.3 Å². The third-order valence-electron chi connectivity index (χ3n) is 4.83. The Bertz CT molecular complexity index is 1070. The summed E-state index contributed by atoms with van der Waals surface area (Å²) >= 11 is 0. The van der Waals surface area contributed by atoms with Gasteiger partial charge in [-0.15, -0.1) is 0 Å². The number of rotatable bonds is 7. The molecule has 0 aliphatic carbocycles. The van der Waals surface area contributed by atoms with Gasteiger partial charge in [0.1, 0.15) is 0 Å². The van der Waals surface area contributed by atoms with Crippen LogP contribution < -0.4 is 4.31 Å². The van der Waals surface area contributed by atoms with Gasteiger partial charge in [0.2, 0.25) is 0 Å². The normalized spacial score (nSPS) is 11.2. The molecule has 29 heavy (non-hydrogen) atoms. The molecule has 0 bridgehead atoms. The molecule has 150 valence electrons. The molecule has 3 aromatic rings. The van der Waals surface area contributed by atoms with E-state index in [-0.39, 0.29) is 4.90 Å². The number of benzene rings is 3. The number of hydrogen-bond donors (Lipinski definition) is 0. The lowest BCUT2D eigenvalue weighted by atomic mass is 10.1. The van der Waals surface area contributed by atoms with Gasteiger partial charge in [-0.25, -0.2) is 8.42 Å². The Hall–Kier alpha value is -2.92. The lowest BCUT2D eigenvalue weighted by Gasteiger charge is -2.23. The highest BCUT2D eigenvalue weighted by Crippen LogP contribution is 2.27. The van der Waals surface area contributed by atoms with Crippen molar-refractivity contribution in [3.63, 3.8) is 0 Å². The third kappa shape index (κ3) is 4.57. The Labute approximate surface area is 172 Å². The molecule has 0 radical (unpaired) electrons. The Morgan fingerprint density at radius 3 is 2.10 bits per heavy atom. The molecule has 0 unspecified atom stereocenters. The average Bonchev–Trinajstić information content (AvgIpc) is 2.74. The first kappa shape index (κ1) is 20.8. The first-order valence-corrected chi connectivity index (χ1v) is 11.2. The second kappa shape index (κ2) is 9.05. The van der Waals surface area contributed by atoms with Gasteiger partial charge in [0.15, 0.2) is 0 Å². The van der Waals surface area contributed by atoms with Crippen LogP contribution in [0.15, 0.2) is 83.8 Å². The highest BCUT2D eigenvalue weighted by atomic mass is 32.2. The maximum absolute atomic E-state index is 13.4. The van der Waals surface area contributed by atoms with Gasteiger partial charge in [-0.1, -0.05) is 61.9 Å². The topological polar surface area (TPSA) is 54.5 Å². The summed E-state index contributed by atoms with van der Waals surface area (Å²) in [5.74, 6) is -0.562. The van der Waals surface area contributed by atoms with Crippen molar-refractivity contribution < 1.29 is 13.2 Å². The summed E-state index contributed by atoms with van der Waals surface area (Å²) in [6.07, 6.45) is 3.07. The van der Waals surface area contributed by atoms with Crippen LogP contribution in [0.25, 0.3) is 0 Å². The molecule has 3 aromatic carbocycles. The predicted octanol–water partition coefficient (Wildman–Crippen LogP) is 5.37. The number of sulfonamides is 1. The van der Waals surface area contributed by atoms with Crippen LogP contribution in [-0.2, 0) is 16.4 Å². The van der Waals surface area contributed by atoms with E-state index in [1.165, 1.54) is 12.1 Å². The molecule has 0 aliphatic rings. The van der Waals surface area contributed by atoms with Crippen LogP contribution in [0.4, 0.5) is 5.69 Å². The monoisotopic (exact) mass is 407 g/mol. The molecule has 0 aliphatic heterocycles. The van der Waals surface area contributed by atoms with E-state index in [0.717, 1.165) is 34.7 Å². The second-order valence-corrected chi connectivity index (χ2v) is 8.76. The first-order chi connectivity index (χ1) is 13.9. The largest absolute Gasteiger partial charge is 0.272 e. The molecule has 0 saturated heterocycles. The summed E-state index contributed by atoms with van der Waals surface area (Å²) in [5, 5.41) is 0. The van der Waals surface area contributed by atoms with E-state index >= 15 is 0 Å². The fourth-order valence-corrected chi connectivity index (χ4v) is 4.59. The van der Waals surface area contributed by atoms with E-state index in [1.807, 2.05) is 18.2 Å². The van der Waals surface area contributed by atoms with Crippen molar-refractivity contribution in [3.8, 4) is 0 Å². The third-order valence-corrected chi connectivity index (χ3v) is 6.56. The molecule has 0 aromatic heterocycles. The molecular weight excluding hydrogens is 382 g/mol. The van der Waals surface area contributed by atoms with Gasteiger partial charge >= 0.3 is 0 Å². The van der Waals surface area contributed by atoms with Gasteiger partial charge in [0, 0.05) is 5.56 Å². The Balaban J connectivity index is 2.09. The molecule has 3 rings (SSSR count). The van der Waals surface area contributed by atoms with Gasteiger partial charge in [-0.2, -0.15) is 4.31 Å². The van der Waals surface area contributed by atoms with Crippen molar-refractivity contribution in [2.24, 2.45) is 0 Å². The number of hydrogen-bond acceptors (Lipinski definition) is 3. The summed E-state index contributed by atoms with van der Waals surface area (Å²) in [6.45, 7) is 3.93. The molecule has 0 fully saturated rings. The smallest absolute Gasteiger partial charge is 0.268 e. The fourth-order valence-electron chi connectivity index (χ4n) is 3.16. The fraction of sp³-hybridized carbons (Fsp3) is 0.208. The van der Waals surface area contributed by atoms with E-state index in [2.05, 4.69) is 6.92 Å². The predicted molar refractivity (Wildman–Crippen MR) is 117 cm³/mol. The summed E-state index contributed by atoms with van der Waals surface area (Å²) < 4.78 is 27.8. The van der Waals surface area contributed by atoms with Gasteiger partial charge in [-0.05, 0) is 61.2 Å². The van der Waals surface area contributed by atoms with Gasteiger partial charge in [0.25, 0.3) is 15.9 Å². The van der Waals surface area contributed by atoms with Crippen LogP contribution in [0, 0.1) is 6.92 Å². The molecule has 5 heteroatoms. The van der Waals surface area contributed by atoms with E-state index in [1.54, 1.807) is 55.5 Å². The lowest BCUT2D eigenvalue weighted by Crippen LogP contribution is -2.37. The summed E-state index contributed by atoms with van der Waals surface area (Å²) in [4.78, 5) is 13.5. The van der Waals surface area contributed by atoms with Crippen molar-refractivity contribution >= 4 is 21.6 Å². The van der Waals surface area contributed by atoms with Crippen molar-refractivity contribution in [2.75, 3.05) is 4.31 Å². The van der Waals surface area contributed by atoms with Gasteiger partial charge in [0.05, 0.1) is 10.6 Å². The zero-order valence-electron chi connectivity index (χ0n) is 16.7. The molecular formula is C24H25NO3S. The number of nitrogens with zero attached hydrogens (tertiary/aromatic N) is 1. The maximum atomic E-state index is 13.4. The van der Waals surface area contributed by atoms with Crippen LogP contribution in [0.2, 0.25) is 0 Å². The van der Waals surface area contributed by atoms with Crippen LogP contribution in [0.3, 0.4) is 0 Å². The first-order valence-electron chi connectivity index (χ1n) is 9.74. The molecule has 0 saturated carbocycles. The molecule has 0 spiro atoms. The molecule has 0 atom stereocenters. The average molecular weight is 408 g/mol. The van der Waals surface area contributed by atoms with Crippen LogP contribution >= 0.6 is 0 Å². The quantitative estimate of drug-likeness (QED) is 0.529. The standard InChI is InChI=1S/C24H25NO3S/c1-3-4-11-20-15-17-21(18-16-20)25(24(26)23-14-9-8-10-19(23)2)29(27,28)22-12-6-5-7-13-22/h5-10,12-18H,3-4,11H2,1-2H3. The maximum Gasteiger partial charge on any atom is 0.272 e. The van der Waals surface area contributed by atoms with Gasteiger partial charge < -0.3 is 0 Å². The minimum absolute atomic E-state index is 0.0805. The van der Waals surface area contributed by atoms with Crippen molar-refractivity contribution in [2.45, 2.75) is 38.0 Å². The van der Waals surface area contributed by atoms with Crippen molar-refractivity contribution in [1.29, 1.82) is 0 Å². The molecule has 4 nitrogen and oxygen atoms in total. The summed E-state index contributed by atoms with van der Waals surface area (Å²) in [5.41, 5.74) is 2.55. The molecule has 0 N–H and O–H groups in total. The zero-order chi connectivity index (χ0) is 20.9. The SMILES string of the molecule is CCCCc1ccc(N(C(=O)c2ccccc2C)S(=O)(=O)c2ccccc2)cc1. The van der Waals surface area contributed by atoms with Crippen molar-refractivity contribution in [1.82, 2.24) is 0 Å². The summed E-state index contributed by atoms with van der Waals surface area (Å²) in [6, 6.07) is 22.3. The Morgan fingerprint density at radius 2 is 1.48 bits per heavy atom. The minimum Gasteiger partial charge on any atom is -0.268 e. The number of carbonyl (C=O) groups is 1. The Morgan fingerprint density at radius 1 is 0.862 bits per heavy atom. The second-order valence-electron chi connectivity index (χ2n) is 6.97. The number of anilines is 1. The van der Waals surface area contributed by atoms with Crippen molar-refractivity contribution in [3.05, 3.63) is 95.6 Å². The molecule has 0 heterocycles.